The van der Waals surface area contributed by atoms with Gasteiger partial charge in [-0.25, -0.2) is 4.79 Å². The highest BCUT2D eigenvalue weighted by atomic mass is 16.4. The lowest BCUT2D eigenvalue weighted by Crippen LogP contribution is -1.96. The number of benzene rings is 1. The summed E-state index contributed by atoms with van der Waals surface area (Å²) in [7, 11) is 0. The third-order valence-electron chi connectivity index (χ3n) is 1.47. The first-order chi connectivity index (χ1) is 6.74. The van der Waals surface area contributed by atoms with Crippen molar-refractivity contribution < 1.29 is 9.90 Å². The van der Waals surface area contributed by atoms with E-state index in [-0.39, 0.29) is 5.70 Å². The van der Waals surface area contributed by atoms with Crippen LogP contribution in [0.1, 0.15) is 5.56 Å². The molecule has 0 saturated carbocycles. The second-order valence-corrected chi connectivity index (χ2v) is 2.43. The summed E-state index contributed by atoms with van der Waals surface area (Å²) in [4.78, 5) is 13.0. The molecular weight excluding hydrogens is 182 g/mol. The maximum absolute atomic E-state index is 10.6. The van der Waals surface area contributed by atoms with Gasteiger partial charge in [0.15, 0.2) is 0 Å². The van der Waals surface area contributed by atoms with Crippen LogP contribution in [0.15, 0.2) is 41.1 Å². The number of azide groups is 1. The van der Waals surface area contributed by atoms with Gasteiger partial charge in [-0.2, -0.15) is 0 Å². The number of hydrogen-bond acceptors (Lipinski definition) is 2. The number of aliphatic carboxylic acids is 1. The van der Waals surface area contributed by atoms with E-state index in [0.29, 0.717) is 5.56 Å². The third kappa shape index (κ3) is 2.66. The van der Waals surface area contributed by atoms with Crippen molar-refractivity contribution in [1.82, 2.24) is 0 Å². The average Bonchev–Trinajstić information content (AvgIpc) is 2.18. The van der Waals surface area contributed by atoms with Gasteiger partial charge in [-0.3, -0.25) is 0 Å². The zero-order valence-corrected chi connectivity index (χ0v) is 7.16. The van der Waals surface area contributed by atoms with Crippen LogP contribution >= 0.6 is 0 Å². The van der Waals surface area contributed by atoms with Gasteiger partial charge in [-0.15, -0.1) is 0 Å². The van der Waals surface area contributed by atoms with Gasteiger partial charge in [0.2, 0.25) is 0 Å². The molecule has 0 aliphatic heterocycles. The van der Waals surface area contributed by atoms with E-state index in [1.807, 2.05) is 6.07 Å². The number of hydrogen-bond donors (Lipinski definition) is 1. The fraction of sp³-hybridized carbons (Fsp3) is 0. The SMILES string of the molecule is [N-]=[N+]=N/C(=C\c1ccccc1)C(=O)O. The standard InChI is InChI=1S/C9H7N3O2/c10-12-11-8(9(13)14)6-7-4-2-1-3-5-7/h1-6H,(H,13,14)/b8-6-. The Morgan fingerprint density at radius 3 is 2.57 bits per heavy atom. The van der Waals surface area contributed by atoms with Crippen LogP contribution in [0.5, 0.6) is 0 Å². The Morgan fingerprint density at radius 2 is 2.07 bits per heavy atom. The summed E-state index contributed by atoms with van der Waals surface area (Å²) < 4.78 is 0. The smallest absolute Gasteiger partial charge is 0.338 e. The molecule has 5 heteroatoms. The topological polar surface area (TPSA) is 86.1 Å². The van der Waals surface area contributed by atoms with E-state index in [4.69, 9.17) is 10.6 Å². The summed E-state index contributed by atoms with van der Waals surface area (Å²) in [6.45, 7) is 0. The molecule has 1 aromatic rings. The van der Waals surface area contributed by atoms with Gasteiger partial charge in [-0.1, -0.05) is 35.4 Å². The van der Waals surface area contributed by atoms with Crippen molar-refractivity contribution in [3.8, 4) is 0 Å². The molecule has 0 bridgehead atoms. The molecule has 0 fully saturated rings. The molecule has 0 heterocycles. The van der Waals surface area contributed by atoms with Gasteiger partial charge in [0.05, 0.1) is 0 Å². The molecule has 14 heavy (non-hydrogen) atoms. The zero-order chi connectivity index (χ0) is 10.4. The molecule has 0 aliphatic rings. The van der Waals surface area contributed by atoms with Crippen molar-refractivity contribution in [1.29, 1.82) is 0 Å². The lowest BCUT2D eigenvalue weighted by atomic mass is 10.2. The average molecular weight is 189 g/mol. The van der Waals surface area contributed by atoms with E-state index in [1.165, 1.54) is 6.08 Å². The largest absolute Gasteiger partial charge is 0.478 e. The second-order valence-electron chi connectivity index (χ2n) is 2.43. The molecule has 70 valence electrons. The molecule has 0 spiro atoms. The van der Waals surface area contributed by atoms with E-state index < -0.39 is 5.97 Å². The van der Waals surface area contributed by atoms with Gasteiger partial charge in [0.1, 0.15) is 5.70 Å². The highest BCUT2D eigenvalue weighted by Crippen LogP contribution is 2.07. The molecule has 0 radical (unpaired) electrons. The summed E-state index contributed by atoms with van der Waals surface area (Å²) in [5, 5.41) is 11.7. The lowest BCUT2D eigenvalue weighted by molar-refractivity contribution is -0.132. The van der Waals surface area contributed by atoms with Crippen molar-refractivity contribution in [2.45, 2.75) is 0 Å². The molecule has 0 unspecified atom stereocenters. The van der Waals surface area contributed by atoms with Crippen molar-refractivity contribution in [3.05, 3.63) is 52.0 Å². The zero-order valence-electron chi connectivity index (χ0n) is 7.16. The molecule has 0 aliphatic carbocycles. The van der Waals surface area contributed by atoms with Gasteiger partial charge in [-0.05, 0) is 17.2 Å². The number of nitrogens with zero attached hydrogens (tertiary/aromatic N) is 3. The monoisotopic (exact) mass is 189 g/mol. The van der Waals surface area contributed by atoms with Crippen LogP contribution in [-0.4, -0.2) is 11.1 Å². The predicted molar refractivity (Wildman–Crippen MR) is 51.2 cm³/mol. The quantitative estimate of drug-likeness (QED) is 0.342. The van der Waals surface area contributed by atoms with Crippen LogP contribution in [-0.2, 0) is 4.79 Å². The van der Waals surface area contributed by atoms with Gasteiger partial charge in [0, 0.05) is 4.91 Å². The van der Waals surface area contributed by atoms with E-state index in [2.05, 4.69) is 10.0 Å². The van der Waals surface area contributed by atoms with E-state index in [1.54, 1.807) is 24.3 Å². The summed E-state index contributed by atoms with van der Waals surface area (Å²) in [5.74, 6) is -1.24. The first-order valence-corrected chi connectivity index (χ1v) is 3.79. The normalized spacial score (nSPS) is 10.4. The van der Waals surface area contributed by atoms with Crippen molar-refractivity contribution >= 4 is 12.0 Å². The third-order valence-corrected chi connectivity index (χ3v) is 1.47. The minimum absolute atomic E-state index is 0.321. The van der Waals surface area contributed by atoms with Crippen molar-refractivity contribution in [2.24, 2.45) is 5.11 Å². The summed E-state index contributed by atoms with van der Waals surface area (Å²) >= 11 is 0. The van der Waals surface area contributed by atoms with Crippen LogP contribution < -0.4 is 0 Å². The van der Waals surface area contributed by atoms with Crippen LogP contribution in [0.25, 0.3) is 16.5 Å². The highest BCUT2D eigenvalue weighted by Gasteiger charge is 2.03. The molecule has 0 aromatic heterocycles. The summed E-state index contributed by atoms with van der Waals surface area (Å²) in [6, 6.07) is 8.78. The Morgan fingerprint density at radius 1 is 1.43 bits per heavy atom. The molecule has 1 rings (SSSR count). The maximum Gasteiger partial charge on any atom is 0.338 e. The Bertz CT molecular complexity index is 401. The van der Waals surface area contributed by atoms with E-state index in [0.717, 1.165) is 0 Å². The molecule has 1 aromatic carbocycles. The number of carbonyl (C=O) groups is 1. The van der Waals surface area contributed by atoms with Gasteiger partial charge >= 0.3 is 5.97 Å². The fourth-order valence-corrected chi connectivity index (χ4v) is 0.889. The van der Waals surface area contributed by atoms with Gasteiger partial charge < -0.3 is 5.11 Å². The van der Waals surface area contributed by atoms with Crippen molar-refractivity contribution in [3.63, 3.8) is 0 Å². The highest BCUT2D eigenvalue weighted by molar-refractivity contribution is 5.91. The first-order valence-electron chi connectivity index (χ1n) is 3.79. The minimum atomic E-state index is -1.24. The van der Waals surface area contributed by atoms with Crippen LogP contribution in [0.2, 0.25) is 0 Å². The number of carboxylic acid groups (broad SMARTS) is 1. The van der Waals surface area contributed by atoms with E-state index >= 15 is 0 Å². The van der Waals surface area contributed by atoms with Crippen LogP contribution in [0.4, 0.5) is 0 Å². The van der Waals surface area contributed by atoms with Crippen molar-refractivity contribution in [2.75, 3.05) is 0 Å². The molecule has 1 N–H and O–H groups in total. The van der Waals surface area contributed by atoms with Gasteiger partial charge in [0.25, 0.3) is 0 Å². The first kappa shape index (κ1) is 9.83. The molecule has 0 atom stereocenters. The summed E-state index contributed by atoms with van der Waals surface area (Å²) in [5.41, 5.74) is 8.48. The summed E-state index contributed by atoms with van der Waals surface area (Å²) in [6.07, 6.45) is 1.31. The molecule has 0 saturated heterocycles. The Labute approximate surface area is 79.9 Å². The number of carboxylic acids is 1. The molecule has 5 nitrogen and oxygen atoms in total. The molecule has 0 amide bonds. The Balaban J connectivity index is 3.05. The Kier molecular flexibility index (Phi) is 3.29. The fourth-order valence-electron chi connectivity index (χ4n) is 0.889. The Hall–Kier alpha value is -2.26. The van der Waals surface area contributed by atoms with Crippen LogP contribution in [0, 0.1) is 0 Å². The predicted octanol–water partition coefficient (Wildman–Crippen LogP) is 2.42. The minimum Gasteiger partial charge on any atom is -0.478 e. The van der Waals surface area contributed by atoms with Crippen LogP contribution in [0.3, 0.4) is 0 Å². The second kappa shape index (κ2) is 4.69. The molecular formula is C9H7N3O2. The maximum atomic E-state index is 10.6. The van der Waals surface area contributed by atoms with E-state index in [9.17, 15) is 4.79 Å². The lowest BCUT2D eigenvalue weighted by Gasteiger charge is -1.93. The number of rotatable bonds is 3.